The van der Waals surface area contributed by atoms with Gasteiger partial charge in [0, 0.05) is 18.5 Å². The van der Waals surface area contributed by atoms with Crippen LogP contribution in [0.15, 0.2) is 24.3 Å². The van der Waals surface area contributed by atoms with Gasteiger partial charge in [0.1, 0.15) is 0 Å². The first-order chi connectivity index (χ1) is 10.0. The summed E-state index contributed by atoms with van der Waals surface area (Å²) in [6.07, 6.45) is 3.28. The van der Waals surface area contributed by atoms with Crippen LogP contribution in [0.2, 0.25) is 0 Å². The van der Waals surface area contributed by atoms with E-state index in [9.17, 15) is 9.59 Å². The van der Waals surface area contributed by atoms with E-state index in [2.05, 4.69) is 22.8 Å². The Morgan fingerprint density at radius 2 is 2.05 bits per heavy atom. The molecule has 0 fully saturated rings. The molecular formula is C16H22N2O3. The lowest BCUT2D eigenvalue weighted by Gasteiger charge is -2.26. The maximum atomic E-state index is 11.9. The molecule has 114 valence electrons. The fraction of sp³-hybridized carbons (Fsp3) is 0.500. The van der Waals surface area contributed by atoms with Crippen LogP contribution in [0.3, 0.4) is 0 Å². The van der Waals surface area contributed by atoms with Crippen LogP contribution in [-0.2, 0) is 17.6 Å². The Balaban J connectivity index is 1.77. The molecule has 0 bridgehead atoms. The van der Waals surface area contributed by atoms with Crippen LogP contribution in [0.4, 0.5) is 4.79 Å². The lowest BCUT2D eigenvalue weighted by Crippen LogP contribution is -2.47. The lowest BCUT2D eigenvalue weighted by molar-refractivity contribution is -0.137. The monoisotopic (exact) mass is 290 g/mol. The number of aliphatic carboxylic acids is 1. The average molecular weight is 290 g/mol. The molecule has 1 aliphatic rings. The summed E-state index contributed by atoms with van der Waals surface area (Å²) < 4.78 is 0. The standard InChI is InChI=1S/C16H22N2O3/c1-11(6-9-15(19)20)17-16(21)18-14-8-7-12-4-2-3-5-13(12)10-14/h2-5,11,14H,6-10H2,1H3,(H,19,20)(H2,17,18,21). The van der Waals surface area contributed by atoms with E-state index in [1.807, 2.05) is 19.1 Å². The number of carboxylic acids is 1. The van der Waals surface area contributed by atoms with Gasteiger partial charge in [-0.25, -0.2) is 4.79 Å². The van der Waals surface area contributed by atoms with Crippen molar-refractivity contribution in [3.05, 3.63) is 35.4 Å². The Morgan fingerprint density at radius 1 is 1.33 bits per heavy atom. The van der Waals surface area contributed by atoms with Crippen molar-refractivity contribution in [2.45, 2.75) is 51.1 Å². The van der Waals surface area contributed by atoms with Gasteiger partial charge < -0.3 is 15.7 Å². The molecule has 0 aromatic heterocycles. The van der Waals surface area contributed by atoms with Gasteiger partial charge in [0.15, 0.2) is 0 Å². The van der Waals surface area contributed by atoms with Crippen molar-refractivity contribution in [2.75, 3.05) is 0 Å². The summed E-state index contributed by atoms with van der Waals surface area (Å²) in [5.74, 6) is -0.840. The SMILES string of the molecule is CC(CCC(=O)O)NC(=O)NC1CCc2ccccc2C1. The minimum atomic E-state index is -0.840. The van der Waals surface area contributed by atoms with E-state index in [1.165, 1.54) is 11.1 Å². The maximum Gasteiger partial charge on any atom is 0.315 e. The van der Waals surface area contributed by atoms with Gasteiger partial charge in [-0.3, -0.25) is 4.79 Å². The molecule has 1 aliphatic carbocycles. The number of hydrogen-bond donors (Lipinski definition) is 3. The summed E-state index contributed by atoms with van der Waals surface area (Å²) in [5, 5.41) is 14.4. The minimum absolute atomic E-state index is 0.0677. The highest BCUT2D eigenvalue weighted by atomic mass is 16.4. The predicted octanol–water partition coefficient (Wildman–Crippen LogP) is 2.10. The Kier molecular flexibility index (Phi) is 5.20. The predicted molar refractivity (Wildman–Crippen MR) is 80.3 cm³/mol. The van der Waals surface area contributed by atoms with Crippen molar-refractivity contribution in [3.63, 3.8) is 0 Å². The molecule has 21 heavy (non-hydrogen) atoms. The molecule has 0 radical (unpaired) electrons. The van der Waals surface area contributed by atoms with Crippen molar-refractivity contribution < 1.29 is 14.7 Å². The zero-order valence-electron chi connectivity index (χ0n) is 12.3. The number of fused-ring (bicyclic) bond motifs is 1. The largest absolute Gasteiger partial charge is 0.481 e. The topological polar surface area (TPSA) is 78.4 Å². The minimum Gasteiger partial charge on any atom is -0.481 e. The molecule has 3 N–H and O–H groups in total. The van der Waals surface area contributed by atoms with E-state index in [0.717, 1.165) is 19.3 Å². The zero-order chi connectivity index (χ0) is 15.2. The molecule has 1 aromatic carbocycles. The first-order valence-electron chi connectivity index (χ1n) is 7.40. The number of urea groups is 1. The first-order valence-corrected chi connectivity index (χ1v) is 7.40. The van der Waals surface area contributed by atoms with Gasteiger partial charge in [-0.1, -0.05) is 24.3 Å². The number of carbonyl (C=O) groups is 2. The number of benzene rings is 1. The summed E-state index contributed by atoms with van der Waals surface area (Å²) in [6, 6.07) is 8.11. The highest BCUT2D eigenvalue weighted by molar-refractivity contribution is 5.74. The second-order valence-corrected chi connectivity index (χ2v) is 5.66. The molecule has 1 aromatic rings. The molecule has 0 saturated heterocycles. The molecule has 5 heteroatoms. The fourth-order valence-corrected chi connectivity index (χ4v) is 2.68. The molecule has 5 nitrogen and oxygen atoms in total. The van der Waals surface area contributed by atoms with Crippen molar-refractivity contribution >= 4 is 12.0 Å². The number of carboxylic acid groups (broad SMARTS) is 1. The molecule has 2 unspecified atom stereocenters. The Morgan fingerprint density at radius 3 is 2.76 bits per heavy atom. The molecule has 2 rings (SSSR count). The second-order valence-electron chi connectivity index (χ2n) is 5.66. The van der Waals surface area contributed by atoms with Gasteiger partial charge in [0.05, 0.1) is 0 Å². The van der Waals surface area contributed by atoms with Crippen LogP contribution in [0.25, 0.3) is 0 Å². The number of amides is 2. The van der Waals surface area contributed by atoms with Crippen LogP contribution in [0, 0.1) is 0 Å². The van der Waals surface area contributed by atoms with Crippen LogP contribution >= 0.6 is 0 Å². The highest BCUT2D eigenvalue weighted by Crippen LogP contribution is 2.20. The highest BCUT2D eigenvalue weighted by Gasteiger charge is 2.20. The summed E-state index contributed by atoms with van der Waals surface area (Å²) >= 11 is 0. The van der Waals surface area contributed by atoms with Gasteiger partial charge in [0.2, 0.25) is 0 Å². The molecule has 0 aliphatic heterocycles. The van der Waals surface area contributed by atoms with Gasteiger partial charge in [-0.2, -0.15) is 0 Å². The van der Waals surface area contributed by atoms with Gasteiger partial charge in [0.25, 0.3) is 0 Å². The number of carbonyl (C=O) groups excluding carboxylic acids is 1. The van der Waals surface area contributed by atoms with Crippen molar-refractivity contribution in [1.82, 2.24) is 10.6 Å². The van der Waals surface area contributed by atoms with Crippen LogP contribution in [-0.4, -0.2) is 29.2 Å². The van der Waals surface area contributed by atoms with Crippen LogP contribution in [0.1, 0.15) is 37.3 Å². The van der Waals surface area contributed by atoms with E-state index < -0.39 is 5.97 Å². The summed E-state index contributed by atoms with van der Waals surface area (Å²) in [6.45, 7) is 1.82. The number of hydrogen-bond acceptors (Lipinski definition) is 2. The van der Waals surface area contributed by atoms with Gasteiger partial charge in [-0.15, -0.1) is 0 Å². The van der Waals surface area contributed by atoms with E-state index in [-0.39, 0.29) is 24.5 Å². The zero-order valence-corrected chi connectivity index (χ0v) is 12.3. The maximum absolute atomic E-state index is 11.9. The summed E-state index contributed by atoms with van der Waals surface area (Å²) in [7, 11) is 0. The number of rotatable bonds is 5. The molecule has 2 atom stereocenters. The molecular weight excluding hydrogens is 268 g/mol. The molecule has 0 heterocycles. The van der Waals surface area contributed by atoms with Gasteiger partial charge in [-0.05, 0) is 43.7 Å². The number of nitrogens with one attached hydrogen (secondary N) is 2. The third-order valence-corrected chi connectivity index (χ3v) is 3.85. The number of aryl methyl sites for hydroxylation is 1. The van der Waals surface area contributed by atoms with E-state index >= 15 is 0 Å². The molecule has 0 spiro atoms. The molecule has 0 saturated carbocycles. The van der Waals surface area contributed by atoms with Crippen LogP contribution < -0.4 is 10.6 Å². The molecule has 2 amide bonds. The average Bonchev–Trinajstić information content (AvgIpc) is 2.45. The Hall–Kier alpha value is -2.04. The second kappa shape index (κ2) is 7.11. The fourth-order valence-electron chi connectivity index (χ4n) is 2.68. The van der Waals surface area contributed by atoms with Crippen molar-refractivity contribution in [1.29, 1.82) is 0 Å². The Labute approximate surface area is 124 Å². The quantitative estimate of drug-likeness (QED) is 0.777. The Bertz CT molecular complexity index is 516. The third kappa shape index (κ3) is 4.77. The van der Waals surface area contributed by atoms with E-state index in [0.29, 0.717) is 6.42 Å². The summed E-state index contributed by atoms with van der Waals surface area (Å²) in [5.41, 5.74) is 2.67. The van der Waals surface area contributed by atoms with E-state index in [4.69, 9.17) is 5.11 Å². The van der Waals surface area contributed by atoms with Crippen molar-refractivity contribution in [3.8, 4) is 0 Å². The third-order valence-electron chi connectivity index (χ3n) is 3.85. The first kappa shape index (κ1) is 15.4. The van der Waals surface area contributed by atoms with E-state index in [1.54, 1.807) is 0 Å². The summed E-state index contributed by atoms with van der Waals surface area (Å²) in [4.78, 5) is 22.4. The van der Waals surface area contributed by atoms with Gasteiger partial charge >= 0.3 is 12.0 Å². The smallest absolute Gasteiger partial charge is 0.315 e. The normalized spacial score (nSPS) is 18.4. The van der Waals surface area contributed by atoms with Crippen molar-refractivity contribution in [2.24, 2.45) is 0 Å². The van der Waals surface area contributed by atoms with Crippen LogP contribution in [0.5, 0.6) is 0 Å². The lowest BCUT2D eigenvalue weighted by atomic mass is 9.88.